The number of anilines is 1. The molecule has 0 spiro atoms. The van der Waals surface area contributed by atoms with E-state index in [0.717, 1.165) is 11.1 Å². The van der Waals surface area contributed by atoms with Gasteiger partial charge in [-0.15, -0.1) is 0 Å². The Hall–Kier alpha value is -3.22. The van der Waals surface area contributed by atoms with Crippen molar-refractivity contribution in [2.45, 2.75) is 39.8 Å². The molecule has 0 bridgehead atoms. The van der Waals surface area contributed by atoms with Crippen LogP contribution in [-0.2, 0) is 22.6 Å². The van der Waals surface area contributed by atoms with Gasteiger partial charge >= 0.3 is 0 Å². The van der Waals surface area contributed by atoms with Crippen LogP contribution in [-0.4, -0.2) is 43.6 Å². The van der Waals surface area contributed by atoms with Crippen molar-refractivity contribution >= 4 is 17.5 Å². The average molecular weight is 427 g/mol. The van der Waals surface area contributed by atoms with E-state index in [1.54, 1.807) is 32.1 Å². The van der Waals surface area contributed by atoms with Gasteiger partial charge in [0.05, 0.1) is 14.2 Å². The minimum atomic E-state index is -0.581. The van der Waals surface area contributed by atoms with Gasteiger partial charge in [0, 0.05) is 30.3 Å². The van der Waals surface area contributed by atoms with Crippen LogP contribution in [0.25, 0.3) is 0 Å². The average Bonchev–Trinajstić information content (AvgIpc) is 2.88. The Morgan fingerprint density at radius 2 is 1.90 bits per heavy atom. The van der Waals surface area contributed by atoms with Gasteiger partial charge in [-0.2, -0.15) is 0 Å². The molecule has 0 saturated heterocycles. The fraction of sp³-hybridized carbons (Fsp3) is 0.417. The maximum Gasteiger partial charge on any atom is 0.263 e. The zero-order valence-corrected chi connectivity index (χ0v) is 18.7. The number of nitrogens with zero attached hydrogens (tertiary/aromatic N) is 1. The highest BCUT2D eigenvalue weighted by atomic mass is 16.5. The number of nitrogens with one attached hydrogen (secondary N) is 1. The van der Waals surface area contributed by atoms with Crippen LogP contribution >= 0.6 is 0 Å². The zero-order valence-electron chi connectivity index (χ0n) is 18.7. The summed E-state index contributed by atoms with van der Waals surface area (Å²) in [5.74, 6) is 1.76. The predicted molar refractivity (Wildman–Crippen MR) is 119 cm³/mol. The van der Waals surface area contributed by atoms with Gasteiger partial charge in [0.25, 0.3) is 5.91 Å². The molecule has 1 aliphatic rings. The number of carbonyl (C=O) groups excluding carboxylic acids is 2. The first kappa shape index (κ1) is 22.5. The number of benzene rings is 2. The summed E-state index contributed by atoms with van der Waals surface area (Å²) in [4.78, 5) is 26.7. The standard InChI is InChI=1S/C24H30N2O5/c1-15(2)23(27)25-19-7-9-20-18(13-19)14-26(24(28)16(3)31-20)11-10-17-6-8-21(29-4)22(12-17)30-5/h6-9,12-13,15-16H,10-11,14H2,1-5H3,(H,25,27)/t16-/m1/s1. The Labute approximate surface area is 183 Å². The Morgan fingerprint density at radius 3 is 2.58 bits per heavy atom. The molecule has 7 nitrogen and oxygen atoms in total. The molecule has 1 N–H and O–H groups in total. The van der Waals surface area contributed by atoms with Crippen molar-refractivity contribution in [3.63, 3.8) is 0 Å². The van der Waals surface area contributed by atoms with E-state index >= 15 is 0 Å². The molecule has 2 aromatic rings. The summed E-state index contributed by atoms with van der Waals surface area (Å²) < 4.78 is 16.5. The zero-order chi connectivity index (χ0) is 22.5. The minimum absolute atomic E-state index is 0.0516. The number of hydrogen-bond donors (Lipinski definition) is 1. The van der Waals surface area contributed by atoms with Crippen molar-refractivity contribution in [3.05, 3.63) is 47.5 Å². The SMILES string of the molecule is COc1ccc(CCN2Cc3cc(NC(=O)C(C)C)ccc3O[C@H](C)C2=O)cc1OC. The summed E-state index contributed by atoms with van der Waals surface area (Å²) >= 11 is 0. The second-order valence-corrected chi connectivity index (χ2v) is 7.93. The topological polar surface area (TPSA) is 77.1 Å². The highest BCUT2D eigenvalue weighted by molar-refractivity contribution is 5.92. The summed E-state index contributed by atoms with van der Waals surface area (Å²) in [6, 6.07) is 11.3. The van der Waals surface area contributed by atoms with Crippen LogP contribution in [0.15, 0.2) is 36.4 Å². The Morgan fingerprint density at radius 1 is 1.16 bits per heavy atom. The van der Waals surface area contributed by atoms with Crippen molar-refractivity contribution in [2.24, 2.45) is 5.92 Å². The van der Waals surface area contributed by atoms with Gasteiger partial charge in [0.2, 0.25) is 5.91 Å². The van der Waals surface area contributed by atoms with Gasteiger partial charge in [-0.1, -0.05) is 19.9 Å². The molecule has 2 aromatic carbocycles. The van der Waals surface area contributed by atoms with E-state index in [-0.39, 0.29) is 17.7 Å². The Bertz CT molecular complexity index is 957. The molecule has 0 aliphatic carbocycles. The molecule has 166 valence electrons. The van der Waals surface area contributed by atoms with Crippen LogP contribution < -0.4 is 19.5 Å². The summed E-state index contributed by atoms with van der Waals surface area (Å²) in [7, 11) is 3.20. The lowest BCUT2D eigenvalue weighted by Gasteiger charge is -2.22. The van der Waals surface area contributed by atoms with Gasteiger partial charge in [0.15, 0.2) is 17.6 Å². The molecule has 2 amide bonds. The van der Waals surface area contributed by atoms with E-state index in [4.69, 9.17) is 14.2 Å². The fourth-order valence-corrected chi connectivity index (χ4v) is 3.45. The summed E-state index contributed by atoms with van der Waals surface area (Å²) in [6.07, 6.45) is 0.0838. The fourth-order valence-electron chi connectivity index (χ4n) is 3.45. The maximum atomic E-state index is 12.9. The van der Waals surface area contributed by atoms with Crippen LogP contribution in [0, 0.1) is 5.92 Å². The molecule has 0 aromatic heterocycles. The highest BCUT2D eigenvalue weighted by Crippen LogP contribution is 2.30. The molecule has 31 heavy (non-hydrogen) atoms. The first-order valence-electron chi connectivity index (χ1n) is 10.4. The van der Waals surface area contributed by atoms with Gasteiger partial charge in [-0.25, -0.2) is 0 Å². The third kappa shape index (κ3) is 5.29. The predicted octanol–water partition coefficient (Wildman–Crippen LogP) is 3.65. The van der Waals surface area contributed by atoms with E-state index in [1.165, 1.54) is 0 Å². The van der Waals surface area contributed by atoms with Crippen molar-refractivity contribution in [1.82, 2.24) is 4.90 Å². The molecular weight excluding hydrogens is 396 g/mol. The van der Waals surface area contributed by atoms with Crippen LogP contribution in [0.5, 0.6) is 17.2 Å². The third-order valence-corrected chi connectivity index (χ3v) is 5.30. The number of amides is 2. The quantitative estimate of drug-likeness (QED) is 0.731. The second-order valence-electron chi connectivity index (χ2n) is 7.93. The van der Waals surface area contributed by atoms with E-state index in [9.17, 15) is 9.59 Å². The highest BCUT2D eigenvalue weighted by Gasteiger charge is 2.28. The molecule has 0 saturated carbocycles. The van der Waals surface area contributed by atoms with Gasteiger partial charge in [-0.05, 0) is 49.2 Å². The lowest BCUT2D eigenvalue weighted by atomic mass is 10.1. The normalized spacial score (nSPS) is 15.7. The first-order chi connectivity index (χ1) is 14.8. The first-order valence-corrected chi connectivity index (χ1v) is 10.4. The number of fused-ring (bicyclic) bond motifs is 1. The Balaban J connectivity index is 1.77. The van der Waals surface area contributed by atoms with Crippen LogP contribution in [0.3, 0.4) is 0 Å². The maximum absolute atomic E-state index is 12.9. The molecule has 0 unspecified atom stereocenters. The third-order valence-electron chi connectivity index (χ3n) is 5.30. The number of methoxy groups -OCH3 is 2. The van der Waals surface area contributed by atoms with Crippen LogP contribution in [0.4, 0.5) is 5.69 Å². The van der Waals surface area contributed by atoms with Crippen LogP contribution in [0.1, 0.15) is 31.9 Å². The molecule has 7 heteroatoms. The number of ether oxygens (including phenoxy) is 3. The molecule has 0 fully saturated rings. The molecule has 1 atom stereocenters. The number of carbonyl (C=O) groups is 2. The molecule has 3 rings (SSSR count). The summed E-state index contributed by atoms with van der Waals surface area (Å²) in [5.41, 5.74) is 2.61. The summed E-state index contributed by atoms with van der Waals surface area (Å²) in [6.45, 7) is 6.40. The van der Waals surface area contributed by atoms with Crippen LogP contribution in [0.2, 0.25) is 0 Å². The van der Waals surface area contributed by atoms with Crippen molar-refractivity contribution in [3.8, 4) is 17.2 Å². The second kappa shape index (κ2) is 9.73. The van der Waals surface area contributed by atoms with Gasteiger partial charge in [-0.3, -0.25) is 9.59 Å². The lowest BCUT2D eigenvalue weighted by molar-refractivity contribution is -0.137. The van der Waals surface area contributed by atoms with Gasteiger partial charge < -0.3 is 24.4 Å². The number of hydrogen-bond acceptors (Lipinski definition) is 5. The number of rotatable bonds is 7. The monoisotopic (exact) mass is 426 g/mol. The molecule has 1 heterocycles. The van der Waals surface area contributed by atoms with E-state index in [0.29, 0.717) is 42.4 Å². The lowest BCUT2D eigenvalue weighted by Crippen LogP contribution is -2.39. The Kier molecular flexibility index (Phi) is 7.05. The van der Waals surface area contributed by atoms with E-state index in [1.807, 2.05) is 44.2 Å². The van der Waals surface area contributed by atoms with E-state index in [2.05, 4.69) is 5.32 Å². The molecule has 0 radical (unpaired) electrons. The smallest absolute Gasteiger partial charge is 0.263 e. The molecule has 1 aliphatic heterocycles. The summed E-state index contributed by atoms with van der Waals surface area (Å²) in [5, 5.41) is 2.91. The van der Waals surface area contributed by atoms with E-state index < -0.39 is 6.10 Å². The van der Waals surface area contributed by atoms with Crippen molar-refractivity contribution in [2.75, 3.05) is 26.1 Å². The minimum Gasteiger partial charge on any atom is -0.493 e. The van der Waals surface area contributed by atoms with Crippen molar-refractivity contribution < 1.29 is 23.8 Å². The van der Waals surface area contributed by atoms with Gasteiger partial charge in [0.1, 0.15) is 5.75 Å². The molecular formula is C24H30N2O5. The largest absolute Gasteiger partial charge is 0.493 e. The van der Waals surface area contributed by atoms with Crippen molar-refractivity contribution in [1.29, 1.82) is 0 Å².